The molecule has 0 spiro atoms. The van der Waals surface area contributed by atoms with Gasteiger partial charge < -0.3 is 4.57 Å². The van der Waals surface area contributed by atoms with Gasteiger partial charge in [-0.25, -0.2) is 0 Å². The summed E-state index contributed by atoms with van der Waals surface area (Å²) in [6.45, 7) is 11.3. The van der Waals surface area contributed by atoms with Crippen molar-refractivity contribution in [2.75, 3.05) is 0 Å². The van der Waals surface area contributed by atoms with E-state index in [1.54, 1.807) is 0 Å². The highest BCUT2D eigenvalue weighted by molar-refractivity contribution is 5.24. The van der Waals surface area contributed by atoms with E-state index in [1.807, 2.05) is 0 Å². The second-order valence-electron chi connectivity index (χ2n) is 4.93. The predicted octanol–water partition coefficient (Wildman–Crippen LogP) is 3.76. The molecule has 1 rings (SSSR count). The summed E-state index contributed by atoms with van der Waals surface area (Å²) in [5.41, 5.74) is 3.27. The highest BCUT2D eigenvalue weighted by atomic mass is 15.0. The van der Waals surface area contributed by atoms with Crippen molar-refractivity contribution in [1.29, 1.82) is 0 Å². The summed E-state index contributed by atoms with van der Waals surface area (Å²) in [6, 6.07) is 2.29. The topological polar surface area (TPSA) is 4.93 Å². The molecule has 0 radical (unpaired) electrons. The molecular weight excluding hydrogens is 170 g/mol. The Hall–Kier alpha value is -0.720. The zero-order chi connectivity index (χ0) is 10.8. The van der Waals surface area contributed by atoms with Crippen LogP contribution in [0.4, 0.5) is 0 Å². The molecule has 0 amide bonds. The molecule has 0 atom stereocenters. The summed E-state index contributed by atoms with van der Waals surface area (Å²) in [5.74, 6) is 0. The van der Waals surface area contributed by atoms with Gasteiger partial charge in [0.15, 0.2) is 0 Å². The van der Waals surface area contributed by atoms with Crippen molar-refractivity contribution in [2.45, 2.75) is 59.4 Å². The fourth-order valence-electron chi connectivity index (χ4n) is 2.03. The third-order valence-corrected chi connectivity index (χ3v) is 2.66. The Morgan fingerprint density at radius 3 is 2.29 bits per heavy atom. The van der Waals surface area contributed by atoms with Crippen LogP contribution in [0.15, 0.2) is 12.3 Å². The minimum absolute atomic E-state index is 0.220. The van der Waals surface area contributed by atoms with Gasteiger partial charge in [-0.05, 0) is 45.2 Å². The summed E-state index contributed by atoms with van der Waals surface area (Å²) < 4.78 is 2.41. The van der Waals surface area contributed by atoms with Crippen LogP contribution < -0.4 is 0 Å². The summed E-state index contributed by atoms with van der Waals surface area (Å²) >= 11 is 0. The van der Waals surface area contributed by atoms with Gasteiger partial charge in [-0.3, -0.25) is 0 Å². The van der Waals surface area contributed by atoms with Crippen LogP contribution in [0.25, 0.3) is 0 Å². The summed E-state index contributed by atoms with van der Waals surface area (Å²) in [4.78, 5) is 0. The number of hydrogen-bond acceptors (Lipinski definition) is 0. The lowest BCUT2D eigenvalue weighted by molar-refractivity contribution is 0.386. The highest BCUT2D eigenvalue weighted by Gasteiger charge is 2.17. The normalized spacial score (nSPS) is 12.1. The van der Waals surface area contributed by atoms with Crippen LogP contribution in [0.1, 0.15) is 52.3 Å². The lowest BCUT2D eigenvalue weighted by atomic mass is 10.1. The molecule has 0 fully saturated rings. The maximum absolute atomic E-state index is 2.41. The van der Waals surface area contributed by atoms with E-state index in [4.69, 9.17) is 0 Å². The molecule has 0 aliphatic carbocycles. The van der Waals surface area contributed by atoms with Gasteiger partial charge in [0.25, 0.3) is 0 Å². The van der Waals surface area contributed by atoms with E-state index >= 15 is 0 Å². The summed E-state index contributed by atoms with van der Waals surface area (Å²) in [6.07, 6.45) is 5.83. The van der Waals surface area contributed by atoms with Crippen LogP contribution in [0.2, 0.25) is 0 Å². The monoisotopic (exact) mass is 193 g/mol. The molecule has 1 heterocycles. The van der Waals surface area contributed by atoms with Gasteiger partial charge in [-0.15, -0.1) is 0 Å². The zero-order valence-electron chi connectivity index (χ0n) is 10.2. The Morgan fingerprint density at radius 1 is 1.21 bits per heavy atom. The van der Waals surface area contributed by atoms with E-state index in [0.29, 0.717) is 0 Å². The SMILES string of the molecule is CCCc1ccn(C(C)(C)C)c1CC. The van der Waals surface area contributed by atoms with Crippen molar-refractivity contribution in [3.05, 3.63) is 23.5 Å². The number of aromatic nitrogens is 1. The first-order valence-corrected chi connectivity index (χ1v) is 5.70. The molecule has 1 nitrogen and oxygen atoms in total. The average molecular weight is 193 g/mol. The van der Waals surface area contributed by atoms with Crippen molar-refractivity contribution in [1.82, 2.24) is 4.57 Å². The largest absolute Gasteiger partial charge is 0.346 e. The third-order valence-electron chi connectivity index (χ3n) is 2.66. The fourth-order valence-corrected chi connectivity index (χ4v) is 2.03. The maximum Gasteiger partial charge on any atom is 0.0358 e. The average Bonchev–Trinajstić information content (AvgIpc) is 2.47. The molecule has 0 aliphatic heterocycles. The van der Waals surface area contributed by atoms with Crippen molar-refractivity contribution in [3.8, 4) is 0 Å². The lowest BCUT2D eigenvalue weighted by Crippen LogP contribution is -2.23. The van der Waals surface area contributed by atoms with E-state index in [2.05, 4.69) is 51.4 Å². The lowest BCUT2D eigenvalue weighted by Gasteiger charge is -2.24. The molecular formula is C13H23N. The fraction of sp³-hybridized carbons (Fsp3) is 0.692. The standard InChI is InChI=1S/C13H23N/c1-6-8-11-9-10-14(12(11)7-2)13(3,4)5/h9-10H,6-8H2,1-5H3. The molecule has 0 aromatic carbocycles. The number of aryl methyl sites for hydroxylation is 1. The van der Waals surface area contributed by atoms with Gasteiger partial charge in [0.2, 0.25) is 0 Å². The van der Waals surface area contributed by atoms with E-state index < -0.39 is 0 Å². The first-order valence-electron chi connectivity index (χ1n) is 5.70. The quantitative estimate of drug-likeness (QED) is 0.689. The van der Waals surface area contributed by atoms with Crippen LogP contribution in [-0.2, 0) is 18.4 Å². The Labute approximate surface area is 88.1 Å². The van der Waals surface area contributed by atoms with Crippen LogP contribution in [0.3, 0.4) is 0 Å². The van der Waals surface area contributed by atoms with Crippen molar-refractivity contribution < 1.29 is 0 Å². The number of nitrogens with zero attached hydrogens (tertiary/aromatic N) is 1. The van der Waals surface area contributed by atoms with Gasteiger partial charge >= 0.3 is 0 Å². The molecule has 0 aliphatic rings. The van der Waals surface area contributed by atoms with Crippen molar-refractivity contribution in [2.24, 2.45) is 0 Å². The minimum atomic E-state index is 0.220. The first-order chi connectivity index (χ1) is 6.50. The van der Waals surface area contributed by atoms with Crippen molar-refractivity contribution in [3.63, 3.8) is 0 Å². The summed E-state index contributed by atoms with van der Waals surface area (Å²) in [7, 11) is 0. The third kappa shape index (κ3) is 2.20. The molecule has 0 bridgehead atoms. The Balaban J connectivity index is 3.07. The summed E-state index contributed by atoms with van der Waals surface area (Å²) in [5, 5.41) is 0. The van der Waals surface area contributed by atoms with Gasteiger partial charge in [0, 0.05) is 17.4 Å². The Kier molecular flexibility index (Phi) is 3.41. The second-order valence-corrected chi connectivity index (χ2v) is 4.93. The van der Waals surface area contributed by atoms with Crippen molar-refractivity contribution >= 4 is 0 Å². The minimum Gasteiger partial charge on any atom is -0.346 e. The Morgan fingerprint density at radius 2 is 1.86 bits per heavy atom. The molecule has 0 N–H and O–H groups in total. The molecule has 0 saturated heterocycles. The van der Waals surface area contributed by atoms with E-state index in [1.165, 1.54) is 24.1 Å². The molecule has 0 unspecified atom stereocenters. The van der Waals surface area contributed by atoms with E-state index in [9.17, 15) is 0 Å². The number of hydrogen-bond donors (Lipinski definition) is 0. The van der Waals surface area contributed by atoms with Crippen LogP contribution in [-0.4, -0.2) is 4.57 Å². The molecule has 0 saturated carbocycles. The molecule has 14 heavy (non-hydrogen) atoms. The molecule has 1 aromatic rings. The maximum atomic E-state index is 2.41. The smallest absolute Gasteiger partial charge is 0.0358 e. The number of rotatable bonds is 3. The predicted molar refractivity (Wildman–Crippen MR) is 62.8 cm³/mol. The molecule has 1 heteroatoms. The molecule has 1 aromatic heterocycles. The van der Waals surface area contributed by atoms with Gasteiger partial charge in [0.1, 0.15) is 0 Å². The van der Waals surface area contributed by atoms with Crippen LogP contribution in [0.5, 0.6) is 0 Å². The van der Waals surface area contributed by atoms with Gasteiger partial charge in [0.05, 0.1) is 0 Å². The Bertz CT molecular complexity index is 289. The van der Waals surface area contributed by atoms with Gasteiger partial charge in [-0.1, -0.05) is 20.3 Å². The molecule has 80 valence electrons. The van der Waals surface area contributed by atoms with E-state index in [0.717, 1.165) is 6.42 Å². The van der Waals surface area contributed by atoms with Crippen LogP contribution >= 0.6 is 0 Å². The van der Waals surface area contributed by atoms with Crippen LogP contribution in [0, 0.1) is 0 Å². The zero-order valence-corrected chi connectivity index (χ0v) is 10.2. The second kappa shape index (κ2) is 4.20. The first kappa shape index (κ1) is 11.4. The van der Waals surface area contributed by atoms with Gasteiger partial charge in [-0.2, -0.15) is 0 Å². The van der Waals surface area contributed by atoms with E-state index in [-0.39, 0.29) is 5.54 Å². The highest BCUT2D eigenvalue weighted by Crippen LogP contribution is 2.22.